The predicted octanol–water partition coefficient (Wildman–Crippen LogP) is 3.10. The molecule has 0 spiro atoms. The summed E-state index contributed by atoms with van der Waals surface area (Å²) in [7, 11) is 1.86. The highest BCUT2D eigenvalue weighted by Gasteiger charge is 2.05. The van der Waals surface area contributed by atoms with Crippen LogP contribution in [0, 0.1) is 0 Å². The lowest BCUT2D eigenvalue weighted by Crippen LogP contribution is -2.06. The van der Waals surface area contributed by atoms with Gasteiger partial charge in [-0.15, -0.1) is 12.4 Å². The summed E-state index contributed by atoms with van der Waals surface area (Å²) < 4.78 is 0. The fraction of sp³-hybridized carbons (Fsp3) is 0.133. The Bertz CT molecular complexity index is 718. The van der Waals surface area contributed by atoms with E-state index >= 15 is 0 Å². The molecule has 2 aromatic heterocycles. The molecule has 0 unspecified atom stereocenters. The lowest BCUT2D eigenvalue weighted by Gasteiger charge is -2.09. The Morgan fingerprint density at radius 3 is 2.57 bits per heavy atom. The number of hydrogen-bond acceptors (Lipinski definition) is 5. The van der Waals surface area contributed by atoms with Gasteiger partial charge in [0, 0.05) is 18.6 Å². The number of nitrogens with one attached hydrogen (secondary N) is 2. The topological polar surface area (TPSA) is 62.7 Å². The lowest BCUT2D eigenvalue weighted by atomic mass is 10.2. The molecule has 0 aliphatic carbocycles. The van der Waals surface area contributed by atoms with Gasteiger partial charge in [0.2, 0.25) is 5.95 Å². The van der Waals surface area contributed by atoms with Crippen LogP contribution in [0.5, 0.6) is 0 Å². The van der Waals surface area contributed by atoms with E-state index in [0.29, 0.717) is 12.5 Å². The molecule has 3 aromatic rings. The van der Waals surface area contributed by atoms with Gasteiger partial charge in [0.25, 0.3) is 0 Å². The van der Waals surface area contributed by atoms with Crippen LogP contribution >= 0.6 is 12.4 Å². The summed E-state index contributed by atoms with van der Waals surface area (Å²) in [4.78, 5) is 13.2. The van der Waals surface area contributed by atoms with Gasteiger partial charge in [-0.05, 0) is 24.3 Å². The van der Waals surface area contributed by atoms with Crippen LogP contribution in [-0.4, -0.2) is 22.0 Å². The van der Waals surface area contributed by atoms with Gasteiger partial charge in [-0.1, -0.05) is 18.2 Å². The number of nitrogens with zero attached hydrogens (tertiary/aromatic N) is 3. The summed E-state index contributed by atoms with van der Waals surface area (Å²) in [5.74, 6) is 1.41. The van der Waals surface area contributed by atoms with E-state index in [0.717, 1.165) is 22.4 Å². The first kappa shape index (κ1) is 15.0. The molecule has 0 radical (unpaired) electrons. The van der Waals surface area contributed by atoms with E-state index in [2.05, 4.69) is 25.6 Å². The van der Waals surface area contributed by atoms with E-state index in [9.17, 15) is 0 Å². The first-order valence-electron chi connectivity index (χ1n) is 6.45. The Balaban J connectivity index is 0.00000161. The Kier molecular flexibility index (Phi) is 4.90. The number of para-hydroxylation sites is 1. The summed E-state index contributed by atoms with van der Waals surface area (Å²) in [5, 5.41) is 7.32. The van der Waals surface area contributed by atoms with Gasteiger partial charge in [0.15, 0.2) is 0 Å². The minimum absolute atomic E-state index is 0. The van der Waals surface area contributed by atoms with Gasteiger partial charge in [-0.3, -0.25) is 4.98 Å². The van der Waals surface area contributed by atoms with Crippen LogP contribution in [0.15, 0.2) is 48.7 Å². The van der Waals surface area contributed by atoms with Crippen LogP contribution in [-0.2, 0) is 6.54 Å². The fourth-order valence-corrected chi connectivity index (χ4v) is 2.02. The first-order valence-corrected chi connectivity index (χ1v) is 6.45. The van der Waals surface area contributed by atoms with Crippen LogP contribution in [0.2, 0.25) is 0 Å². The van der Waals surface area contributed by atoms with Crippen LogP contribution in [0.25, 0.3) is 10.9 Å². The van der Waals surface area contributed by atoms with Gasteiger partial charge >= 0.3 is 0 Å². The molecule has 0 saturated carbocycles. The highest BCUT2D eigenvalue weighted by molar-refractivity contribution is 5.89. The average Bonchev–Trinajstić information content (AvgIpc) is 2.53. The Hall–Kier alpha value is -2.40. The molecular formula is C15H16ClN5. The molecule has 0 aliphatic heterocycles. The zero-order valence-electron chi connectivity index (χ0n) is 11.6. The highest BCUT2D eigenvalue weighted by Crippen LogP contribution is 2.21. The standard InChI is InChI=1S/C15H15N5.ClH/c1-16-14-12-7-2-3-8-13(12)19-15(20-14)18-10-11-6-4-5-9-17-11;/h2-9H,10H2,1H3,(H2,16,18,19,20);1H. The number of aromatic nitrogens is 3. The van der Waals surface area contributed by atoms with Crippen LogP contribution < -0.4 is 10.6 Å². The van der Waals surface area contributed by atoms with E-state index in [4.69, 9.17) is 0 Å². The van der Waals surface area contributed by atoms with Crippen molar-refractivity contribution in [2.75, 3.05) is 17.7 Å². The molecule has 1 aromatic carbocycles. The zero-order valence-corrected chi connectivity index (χ0v) is 12.4. The molecule has 6 heteroatoms. The van der Waals surface area contributed by atoms with Gasteiger partial charge < -0.3 is 10.6 Å². The number of pyridine rings is 1. The lowest BCUT2D eigenvalue weighted by molar-refractivity contribution is 1.01. The highest BCUT2D eigenvalue weighted by atomic mass is 35.5. The molecular weight excluding hydrogens is 286 g/mol. The number of fused-ring (bicyclic) bond motifs is 1. The molecule has 2 heterocycles. The largest absolute Gasteiger partial charge is 0.372 e. The smallest absolute Gasteiger partial charge is 0.225 e. The summed E-state index contributed by atoms with van der Waals surface area (Å²) in [6, 6.07) is 13.8. The fourth-order valence-electron chi connectivity index (χ4n) is 2.02. The number of benzene rings is 1. The normalized spacial score (nSPS) is 9.95. The van der Waals surface area contributed by atoms with Crippen molar-refractivity contribution in [3.05, 3.63) is 54.4 Å². The molecule has 0 fully saturated rings. The second-order valence-electron chi connectivity index (χ2n) is 4.34. The molecule has 21 heavy (non-hydrogen) atoms. The second kappa shape index (κ2) is 6.85. The van der Waals surface area contributed by atoms with Crippen molar-refractivity contribution in [2.24, 2.45) is 0 Å². The Labute approximate surface area is 129 Å². The molecule has 0 atom stereocenters. The summed E-state index contributed by atoms with van der Waals surface area (Å²) in [6.45, 7) is 0.600. The Morgan fingerprint density at radius 2 is 1.81 bits per heavy atom. The average molecular weight is 302 g/mol. The van der Waals surface area contributed by atoms with E-state index in [1.54, 1.807) is 6.20 Å². The van der Waals surface area contributed by atoms with Crippen molar-refractivity contribution >= 4 is 35.1 Å². The third-order valence-corrected chi connectivity index (χ3v) is 2.99. The predicted molar refractivity (Wildman–Crippen MR) is 87.9 cm³/mol. The number of anilines is 2. The van der Waals surface area contributed by atoms with Gasteiger partial charge in [0.05, 0.1) is 17.8 Å². The SMILES string of the molecule is CNc1nc(NCc2ccccn2)nc2ccccc12.Cl. The summed E-state index contributed by atoms with van der Waals surface area (Å²) >= 11 is 0. The zero-order chi connectivity index (χ0) is 13.8. The number of halogens is 1. The van der Waals surface area contributed by atoms with Crippen molar-refractivity contribution in [1.29, 1.82) is 0 Å². The van der Waals surface area contributed by atoms with E-state index in [1.165, 1.54) is 0 Å². The third kappa shape index (κ3) is 3.38. The minimum Gasteiger partial charge on any atom is -0.372 e. The molecule has 0 bridgehead atoms. The molecule has 108 valence electrons. The van der Waals surface area contributed by atoms with Crippen molar-refractivity contribution in [2.45, 2.75) is 6.54 Å². The van der Waals surface area contributed by atoms with Crippen molar-refractivity contribution in [3.63, 3.8) is 0 Å². The van der Waals surface area contributed by atoms with Crippen LogP contribution in [0.3, 0.4) is 0 Å². The number of hydrogen-bond donors (Lipinski definition) is 2. The van der Waals surface area contributed by atoms with Gasteiger partial charge in [0.1, 0.15) is 5.82 Å². The summed E-state index contributed by atoms with van der Waals surface area (Å²) in [6.07, 6.45) is 1.78. The van der Waals surface area contributed by atoms with Crippen molar-refractivity contribution in [1.82, 2.24) is 15.0 Å². The summed E-state index contributed by atoms with van der Waals surface area (Å²) in [5.41, 5.74) is 1.87. The van der Waals surface area contributed by atoms with Crippen molar-refractivity contribution < 1.29 is 0 Å². The van der Waals surface area contributed by atoms with Gasteiger partial charge in [-0.2, -0.15) is 4.98 Å². The Morgan fingerprint density at radius 1 is 1.00 bits per heavy atom. The maximum atomic E-state index is 4.51. The third-order valence-electron chi connectivity index (χ3n) is 2.99. The quantitative estimate of drug-likeness (QED) is 0.775. The van der Waals surface area contributed by atoms with E-state index in [-0.39, 0.29) is 12.4 Å². The molecule has 0 aliphatic rings. The monoisotopic (exact) mass is 301 g/mol. The van der Waals surface area contributed by atoms with Crippen LogP contribution in [0.1, 0.15) is 5.69 Å². The van der Waals surface area contributed by atoms with Crippen LogP contribution in [0.4, 0.5) is 11.8 Å². The molecule has 2 N–H and O–H groups in total. The minimum atomic E-state index is 0. The molecule has 3 rings (SSSR count). The van der Waals surface area contributed by atoms with Gasteiger partial charge in [-0.25, -0.2) is 4.98 Å². The maximum absolute atomic E-state index is 4.51. The maximum Gasteiger partial charge on any atom is 0.225 e. The number of rotatable bonds is 4. The first-order chi connectivity index (χ1) is 9.86. The molecule has 5 nitrogen and oxygen atoms in total. The molecule has 0 saturated heterocycles. The second-order valence-corrected chi connectivity index (χ2v) is 4.34. The van der Waals surface area contributed by atoms with E-state index in [1.807, 2.05) is 49.5 Å². The van der Waals surface area contributed by atoms with Crippen molar-refractivity contribution in [3.8, 4) is 0 Å². The molecule has 0 amide bonds. The van der Waals surface area contributed by atoms with E-state index < -0.39 is 0 Å².